The SMILES string of the molecule is CCn1c2ccccc2c2cc(NC(=O)CC3(CC(=O)Nc4ccc(C#N)cc4)CCCC3)ccc21. The molecule has 0 bridgehead atoms. The molecule has 4 aromatic rings. The molecule has 0 saturated heterocycles. The Morgan fingerprint density at radius 3 is 2.14 bits per heavy atom. The topological polar surface area (TPSA) is 86.9 Å². The molecule has 0 radical (unpaired) electrons. The minimum absolute atomic E-state index is 0.0540. The van der Waals surface area contributed by atoms with Gasteiger partial charge in [-0.25, -0.2) is 0 Å². The Hall–Kier alpha value is -4.11. The molecule has 1 fully saturated rings. The molecule has 0 spiro atoms. The average molecular weight is 479 g/mol. The summed E-state index contributed by atoms with van der Waals surface area (Å²) in [4.78, 5) is 26.0. The van der Waals surface area contributed by atoms with E-state index < -0.39 is 0 Å². The molecule has 5 rings (SSSR count). The highest BCUT2D eigenvalue weighted by Gasteiger charge is 2.38. The lowest BCUT2D eigenvalue weighted by molar-refractivity contribution is -0.121. The number of carbonyl (C=O) groups is 2. The summed E-state index contributed by atoms with van der Waals surface area (Å²) >= 11 is 0. The van der Waals surface area contributed by atoms with Crippen LogP contribution < -0.4 is 10.6 Å². The maximum atomic E-state index is 13.2. The van der Waals surface area contributed by atoms with Gasteiger partial charge in [0.15, 0.2) is 0 Å². The van der Waals surface area contributed by atoms with Crippen LogP contribution in [0.5, 0.6) is 0 Å². The van der Waals surface area contributed by atoms with Crippen molar-refractivity contribution in [2.45, 2.75) is 52.0 Å². The molecule has 1 saturated carbocycles. The van der Waals surface area contributed by atoms with Gasteiger partial charge in [-0.2, -0.15) is 5.26 Å². The number of rotatable bonds is 7. The molecule has 36 heavy (non-hydrogen) atoms. The van der Waals surface area contributed by atoms with Gasteiger partial charge in [-0.05, 0) is 73.7 Å². The highest BCUT2D eigenvalue weighted by Crippen LogP contribution is 2.44. The lowest BCUT2D eigenvalue weighted by Gasteiger charge is -2.27. The minimum Gasteiger partial charge on any atom is -0.341 e. The molecular formula is C30H30N4O2. The van der Waals surface area contributed by atoms with Crippen LogP contribution in [0.3, 0.4) is 0 Å². The molecular weight excluding hydrogens is 448 g/mol. The van der Waals surface area contributed by atoms with Crippen LogP contribution in [0.25, 0.3) is 21.8 Å². The van der Waals surface area contributed by atoms with Crippen molar-refractivity contribution in [3.8, 4) is 6.07 Å². The molecule has 0 atom stereocenters. The number of hydrogen-bond acceptors (Lipinski definition) is 3. The molecule has 2 amide bonds. The molecule has 1 aliphatic carbocycles. The van der Waals surface area contributed by atoms with Crippen LogP contribution in [-0.4, -0.2) is 16.4 Å². The van der Waals surface area contributed by atoms with Crippen LogP contribution >= 0.6 is 0 Å². The highest BCUT2D eigenvalue weighted by atomic mass is 16.2. The Morgan fingerprint density at radius 1 is 0.861 bits per heavy atom. The van der Waals surface area contributed by atoms with Gasteiger partial charge >= 0.3 is 0 Å². The summed E-state index contributed by atoms with van der Waals surface area (Å²) in [5.74, 6) is -0.148. The molecule has 1 heterocycles. The lowest BCUT2D eigenvalue weighted by Crippen LogP contribution is -2.30. The van der Waals surface area contributed by atoms with Gasteiger partial charge in [0.05, 0.1) is 11.6 Å². The Morgan fingerprint density at radius 2 is 1.47 bits per heavy atom. The Bertz CT molecular complexity index is 1470. The predicted molar refractivity (Wildman–Crippen MR) is 144 cm³/mol. The third kappa shape index (κ3) is 4.70. The first-order chi connectivity index (χ1) is 17.5. The zero-order valence-corrected chi connectivity index (χ0v) is 20.5. The quantitative estimate of drug-likeness (QED) is 0.314. The third-order valence-electron chi connectivity index (χ3n) is 7.41. The average Bonchev–Trinajstić information content (AvgIpc) is 3.46. The number of aryl methyl sites for hydroxylation is 1. The molecule has 6 heteroatoms. The minimum atomic E-state index is -0.330. The molecule has 3 aromatic carbocycles. The molecule has 0 unspecified atom stereocenters. The number of hydrogen-bond donors (Lipinski definition) is 2. The fraction of sp³-hybridized carbons (Fsp3) is 0.300. The highest BCUT2D eigenvalue weighted by molar-refractivity contribution is 6.09. The van der Waals surface area contributed by atoms with E-state index in [1.807, 2.05) is 12.1 Å². The van der Waals surface area contributed by atoms with Gasteiger partial charge < -0.3 is 15.2 Å². The van der Waals surface area contributed by atoms with Crippen LogP contribution in [0.4, 0.5) is 11.4 Å². The summed E-state index contributed by atoms with van der Waals surface area (Å²) in [7, 11) is 0. The fourth-order valence-corrected chi connectivity index (χ4v) is 5.73. The number of para-hydroxylation sites is 1. The number of nitrogens with one attached hydrogen (secondary N) is 2. The summed E-state index contributed by atoms with van der Waals surface area (Å²) in [6.45, 7) is 3.02. The van der Waals surface area contributed by atoms with E-state index in [9.17, 15) is 9.59 Å². The van der Waals surface area contributed by atoms with E-state index in [1.165, 1.54) is 10.9 Å². The van der Waals surface area contributed by atoms with E-state index in [0.29, 0.717) is 24.1 Å². The van der Waals surface area contributed by atoms with Crippen LogP contribution in [0.2, 0.25) is 0 Å². The smallest absolute Gasteiger partial charge is 0.224 e. The van der Waals surface area contributed by atoms with E-state index >= 15 is 0 Å². The number of carbonyl (C=O) groups excluding carboxylic acids is 2. The first kappa shape index (κ1) is 23.6. The van der Waals surface area contributed by atoms with Crippen LogP contribution in [0.15, 0.2) is 66.7 Å². The Balaban J connectivity index is 1.30. The van der Waals surface area contributed by atoms with Crippen molar-refractivity contribution < 1.29 is 9.59 Å². The van der Waals surface area contributed by atoms with Crippen molar-refractivity contribution >= 4 is 45.0 Å². The molecule has 2 N–H and O–H groups in total. The van der Waals surface area contributed by atoms with Crippen LogP contribution in [-0.2, 0) is 16.1 Å². The van der Waals surface area contributed by atoms with Crippen molar-refractivity contribution in [2.75, 3.05) is 10.6 Å². The maximum Gasteiger partial charge on any atom is 0.224 e. The number of aromatic nitrogens is 1. The van der Waals surface area contributed by atoms with Crippen molar-refractivity contribution in [1.29, 1.82) is 5.26 Å². The van der Waals surface area contributed by atoms with E-state index in [4.69, 9.17) is 5.26 Å². The second-order valence-corrected chi connectivity index (χ2v) is 9.84. The van der Waals surface area contributed by atoms with Gasteiger partial charge in [-0.15, -0.1) is 0 Å². The van der Waals surface area contributed by atoms with Gasteiger partial charge in [0.1, 0.15) is 0 Å². The second-order valence-electron chi connectivity index (χ2n) is 9.84. The summed E-state index contributed by atoms with van der Waals surface area (Å²) < 4.78 is 2.29. The number of anilines is 2. The van der Waals surface area contributed by atoms with Gasteiger partial charge in [0.2, 0.25) is 11.8 Å². The molecule has 0 aliphatic heterocycles. The molecule has 182 valence electrons. The lowest BCUT2D eigenvalue weighted by atomic mass is 9.79. The van der Waals surface area contributed by atoms with Gasteiger partial charge in [0, 0.05) is 52.6 Å². The first-order valence-electron chi connectivity index (χ1n) is 12.6. The zero-order chi connectivity index (χ0) is 25.1. The van der Waals surface area contributed by atoms with Crippen LogP contribution in [0.1, 0.15) is 51.0 Å². The Labute approximate surface area is 210 Å². The van der Waals surface area contributed by atoms with E-state index in [2.05, 4.69) is 58.5 Å². The Kier molecular flexibility index (Phi) is 6.47. The van der Waals surface area contributed by atoms with Crippen molar-refractivity contribution in [3.05, 3.63) is 72.3 Å². The van der Waals surface area contributed by atoms with Gasteiger partial charge in [-0.1, -0.05) is 31.0 Å². The summed E-state index contributed by atoms with van der Waals surface area (Å²) in [5.41, 5.74) is 4.01. The predicted octanol–water partition coefficient (Wildman–Crippen LogP) is 6.60. The van der Waals surface area contributed by atoms with E-state index in [1.54, 1.807) is 24.3 Å². The van der Waals surface area contributed by atoms with Crippen molar-refractivity contribution in [1.82, 2.24) is 4.57 Å². The fourth-order valence-electron chi connectivity index (χ4n) is 5.73. The molecule has 1 aliphatic rings. The number of benzene rings is 3. The summed E-state index contributed by atoms with van der Waals surface area (Å²) in [6.07, 6.45) is 4.42. The number of amides is 2. The first-order valence-corrected chi connectivity index (χ1v) is 12.6. The monoisotopic (exact) mass is 478 g/mol. The number of nitriles is 1. The summed E-state index contributed by atoms with van der Waals surface area (Å²) in [6, 6.07) is 23.3. The van der Waals surface area contributed by atoms with Crippen LogP contribution in [0, 0.1) is 16.7 Å². The third-order valence-corrected chi connectivity index (χ3v) is 7.41. The largest absolute Gasteiger partial charge is 0.341 e. The standard InChI is InChI=1S/C30H30N4O2/c1-2-34-26-8-4-3-7-24(26)25-17-23(13-14-27(25)34)33-29(36)19-30(15-5-6-16-30)18-28(35)32-22-11-9-21(20-31)10-12-22/h3-4,7-14,17H,2,5-6,15-16,18-19H2,1H3,(H,32,35)(H,33,36). The zero-order valence-electron chi connectivity index (χ0n) is 20.5. The van der Waals surface area contributed by atoms with Gasteiger partial charge in [0.25, 0.3) is 0 Å². The summed E-state index contributed by atoms with van der Waals surface area (Å²) in [5, 5.41) is 17.3. The molecule has 1 aromatic heterocycles. The maximum absolute atomic E-state index is 13.2. The number of fused-ring (bicyclic) bond motifs is 3. The second kappa shape index (κ2) is 9.87. The van der Waals surface area contributed by atoms with Gasteiger partial charge in [-0.3, -0.25) is 9.59 Å². The number of nitrogens with zero attached hydrogens (tertiary/aromatic N) is 2. The van der Waals surface area contributed by atoms with E-state index in [0.717, 1.165) is 48.8 Å². The van der Waals surface area contributed by atoms with E-state index in [-0.39, 0.29) is 17.2 Å². The van der Waals surface area contributed by atoms with Crippen molar-refractivity contribution in [3.63, 3.8) is 0 Å². The normalized spacial score (nSPS) is 14.6. The molecule has 6 nitrogen and oxygen atoms in total. The van der Waals surface area contributed by atoms with Crippen molar-refractivity contribution in [2.24, 2.45) is 5.41 Å².